The Morgan fingerprint density at radius 1 is 1.23 bits per heavy atom. The molecule has 2 nitrogen and oxygen atoms in total. The van der Waals surface area contributed by atoms with Crippen molar-refractivity contribution >= 4 is 12.4 Å². The van der Waals surface area contributed by atoms with E-state index in [-0.39, 0.29) is 12.4 Å². The summed E-state index contributed by atoms with van der Waals surface area (Å²) >= 11 is 0. The van der Waals surface area contributed by atoms with E-state index < -0.39 is 0 Å². The topological polar surface area (TPSA) is 21.3 Å². The summed E-state index contributed by atoms with van der Waals surface area (Å²) < 4.78 is 5.06. The van der Waals surface area contributed by atoms with Gasteiger partial charge in [-0.05, 0) is 5.56 Å². The molecule has 1 aromatic rings. The van der Waals surface area contributed by atoms with Crippen molar-refractivity contribution in [1.29, 1.82) is 0 Å². The van der Waals surface area contributed by atoms with E-state index in [1.165, 1.54) is 5.56 Å². The fourth-order valence-corrected chi connectivity index (χ4v) is 1.21. The molecular weight excluding hydrogens is 186 g/mol. The van der Waals surface area contributed by atoms with Crippen LogP contribution >= 0.6 is 12.4 Å². The average molecular weight is 200 g/mol. The zero-order valence-corrected chi connectivity index (χ0v) is 8.22. The Kier molecular flexibility index (Phi) is 4.22. The van der Waals surface area contributed by atoms with E-state index in [0.717, 1.165) is 19.8 Å². The molecule has 1 aliphatic rings. The van der Waals surface area contributed by atoms with Gasteiger partial charge in [-0.2, -0.15) is 0 Å². The molecule has 0 unspecified atom stereocenters. The van der Waals surface area contributed by atoms with E-state index in [2.05, 4.69) is 29.6 Å². The fourth-order valence-electron chi connectivity index (χ4n) is 1.21. The van der Waals surface area contributed by atoms with Crippen LogP contribution in [0.25, 0.3) is 0 Å². The number of hydrogen-bond donors (Lipinski definition) is 1. The van der Waals surface area contributed by atoms with E-state index in [0.29, 0.717) is 6.04 Å². The van der Waals surface area contributed by atoms with Crippen molar-refractivity contribution in [3.63, 3.8) is 0 Å². The lowest BCUT2D eigenvalue weighted by Gasteiger charge is -2.26. The van der Waals surface area contributed by atoms with Crippen LogP contribution in [0.2, 0.25) is 0 Å². The van der Waals surface area contributed by atoms with Gasteiger partial charge in [-0.25, -0.2) is 0 Å². The van der Waals surface area contributed by atoms with E-state index in [4.69, 9.17) is 4.74 Å². The van der Waals surface area contributed by atoms with Crippen LogP contribution in [-0.4, -0.2) is 19.3 Å². The van der Waals surface area contributed by atoms with Gasteiger partial charge in [-0.3, -0.25) is 0 Å². The minimum Gasteiger partial charge on any atom is -0.378 e. The Balaban J connectivity index is 0.000000845. The first-order chi connectivity index (χ1) is 5.95. The molecule has 0 radical (unpaired) electrons. The van der Waals surface area contributed by atoms with Gasteiger partial charge in [-0.15, -0.1) is 12.4 Å². The summed E-state index contributed by atoms with van der Waals surface area (Å²) in [6, 6.07) is 11.0. The molecule has 1 saturated heterocycles. The first kappa shape index (κ1) is 10.5. The zero-order chi connectivity index (χ0) is 8.23. The lowest BCUT2D eigenvalue weighted by Crippen LogP contribution is -2.45. The van der Waals surface area contributed by atoms with Gasteiger partial charge in [-0.1, -0.05) is 30.3 Å². The van der Waals surface area contributed by atoms with Crippen LogP contribution in [0.5, 0.6) is 0 Å². The van der Waals surface area contributed by atoms with Crippen molar-refractivity contribution in [2.75, 3.05) is 13.2 Å². The minimum absolute atomic E-state index is 0. The van der Waals surface area contributed by atoms with Gasteiger partial charge in [0.1, 0.15) is 0 Å². The quantitative estimate of drug-likeness (QED) is 0.799. The monoisotopic (exact) mass is 199 g/mol. The maximum atomic E-state index is 5.06. The molecule has 0 amide bonds. The molecular formula is C10H14ClNO. The molecule has 0 saturated carbocycles. The first-order valence-electron chi connectivity index (χ1n) is 4.30. The van der Waals surface area contributed by atoms with Crippen LogP contribution in [0.1, 0.15) is 5.56 Å². The molecule has 0 spiro atoms. The van der Waals surface area contributed by atoms with E-state index in [1.807, 2.05) is 6.07 Å². The SMILES string of the molecule is Cl.c1ccc(CNC2COC2)cc1. The van der Waals surface area contributed by atoms with Gasteiger partial charge in [0.25, 0.3) is 0 Å². The van der Waals surface area contributed by atoms with E-state index >= 15 is 0 Å². The molecule has 0 atom stereocenters. The highest BCUT2D eigenvalue weighted by Crippen LogP contribution is 2.02. The second-order valence-corrected chi connectivity index (χ2v) is 3.10. The summed E-state index contributed by atoms with van der Waals surface area (Å²) in [5, 5.41) is 3.41. The van der Waals surface area contributed by atoms with Crippen molar-refractivity contribution in [1.82, 2.24) is 5.32 Å². The van der Waals surface area contributed by atoms with E-state index in [1.54, 1.807) is 0 Å². The third-order valence-electron chi connectivity index (χ3n) is 2.08. The Hall–Kier alpha value is -0.570. The smallest absolute Gasteiger partial charge is 0.0643 e. The number of nitrogens with one attached hydrogen (secondary N) is 1. The highest BCUT2D eigenvalue weighted by molar-refractivity contribution is 5.85. The predicted octanol–water partition coefficient (Wildman–Crippen LogP) is 1.60. The Labute approximate surface area is 84.7 Å². The maximum Gasteiger partial charge on any atom is 0.0643 e. The van der Waals surface area contributed by atoms with Crippen molar-refractivity contribution in [2.24, 2.45) is 0 Å². The van der Waals surface area contributed by atoms with Gasteiger partial charge in [0.15, 0.2) is 0 Å². The van der Waals surface area contributed by atoms with Crippen LogP contribution in [0, 0.1) is 0 Å². The molecule has 0 aliphatic carbocycles. The molecule has 2 rings (SSSR count). The average Bonchev–Trinajstić information content (AvgIpc) is 2.04. The molecule has 0 aromatic heterocycles. The van der Waals surface area contributed by atoms with Crippen molar-refractivity contribution in [3.05, 3.63) is 35.9 Å². The number of halogens is 1. The minimum atomic E-state index is 0. The largest absolute Gasteiger partial charge is 0.378 e. The van der Waals surface area contributed by atoms with Gasteiger partial charge < -0.3 is 10.1 Å². The number of rotatable bonds is 3. The highest BCUT2D eigenvalue weighted by atomic mass is 35.5. The van der Waals surface area contributed by atoms with Crippen molar-refractivity contribution < 1.29 is 4.74 Å². The molecule has 1 N–H and O–H groups in total. The Bertz CT molecular complexity index is 236. The van der Waals surface area contributed by atoms with Crippen LogP contribution in [0.4, 0.5) is 0 Å². The van der Waals surface area contributed by atoms with Crippen LogP contribution in [-0.2, 0) is 11.3 Å². The first-order valence-corrected chi connectivity index (χ1v) is 4.30. The molecule has 3 heteroatoms. The van der Waals surface area contributed by atoms with Crippen molar-refractivity contribution in [3.8, 4) is 0 Å². The van der Waals surface area contributed by atoms with E-state index in [9.17, 15) is 0 Å². The summed E-state index contributed by atoms with van der Waals surface area (Å²) in [6.07, 6.45) is 0. The number of benzene rings is 1. The van der Waals surface area contributed by atoms with Gasteiger partial charge in [0, 0.05) is 6.54 Å². The second-order valence-electron chi connectivity index (χ2n) is 3.10. The standard InChI is InChI=1S/C10H13NO.ClH/c1-2-4-9(5-3-1)6-11-10-7-12-8-10;/h1-5,10-11H,6-8H2;1H. The lowest BCUT2D eigenvalue weighted by atomic mass is 10.2. The summed E-state index contributed by atoms with van der Waals surface area (Å²) in [5.41, 5.74) is 1.34. The maximum absolute atomic E-state index is 5.06. The van der Waals surface area contributed by atoms with Crippen LogP contribution in [0.3, 0.4) is 0 Å². The summed E-state index contributed by atoms with van der Waals surface area (Å²) in [6.45, 7) is 2.69. The molecule has 1 heterocycles. The summed E-state index contributed by atoms with van der Waals surface area (Å²) in [4.78, 5) is 0. The molecule has 0 bridgehead atoms. The Morgan fingerprint density at radius 2 is 1.92 bits per heavy atom. The molecule has 72 valence electrons. The van der Waals surface area contributed by atoms with Gasteiger partial charge >= 0.3 is 0 Å². The second kappa shape index (κ2) is 5.22. The van der Waals surface area contributed by atoms with Crippen LogP contribution < -0.4 is 5.32 Å². The van der Waals surface area contributed by atoms with Gasteiger partial charge in [0.2, 0.25) is 0 Å². The molecule has 13 heavy (non-hydrogen) atoms. The highest BCUT2D eigenvalue weighted by Gasteiger charge is 2.16. The predicted molar refractivity (Wildman–Crippen MR) is 55.1 cm³/mol. The van der Waals surface area contributed by atoms with Crippen molar-refractivity contribution in [2.45, 2.75) is 12.6 Å². The van der Waals surface area contributed by atoms with Gasteiger partial charge in [0.05, 0.1) is 19.3 Å². The third-order valence-corrected chi connectivity index (χ3v) is 2.08. The van der Waals surface area contributed by atoms with Crippen LogP contribution in [0.15, 0.2) is 30.3 Å². The number of ether oxygens (including phenoxy) is 1. The molecule has 1 fully saturated rings. The normalized spacial score (nSPS) is 16.0. The number of hydrogen-bond acceptors (Lipinski definition) is 2. The zero-order valence-electron chi connectivity index (χ0n) is 7.40. The molecule has 1 aromatic carbocycles. The summed E-state index contributed by atoms with van der Waals surface area (Å²) in [5.74, 6) is 0. The lowest BCUT2D eigenvalue weighted by molar-refractivity contribution is -0.00578. The molecule has 1 aliphatic heterocycles. The fraction of sp³-hybridized carbons (Fsp3) is 0.400. The summed E-state index contributed by atoms with van der Waals surface area (Å²) in [7, 11) is 0. The third kappa shape index (κ3) is 2.99. The Morgan fingerprint density at radius 3 is 2.46 bits per heavy atom.